The highest BCUT2D eigenvalue weighted by Gasteiger charge is 2.27. The first-order valence-corrected chi connectivity index (χ1v) is 10.1. The minimum atomic E-state index is -0.0343. The summed E-state index contributed by atoms with van der Waals surface area (Å²) in [7, 11) is 4.09. The molecule has 0 bridgehead atoms. The molecule has 29 heavy (non-hydrogen) atoms. The van der Waals surface area contributed by atoms with Gasteiger partial charge in [0.1, 0.15) is 0 Å². The second-order valence-electron chi connectivity index (χ2n) is 7.65. The van der Waals surface area contributed by atoms with E-state index in [1.165, 1.54) is 22.5 Å². The van der Waals surface area contributed by atoms with Gasteiger partial charge in [0.2, 0.25) is 0 Å². The molecule has 1 aliphatic heterocycles. The number of para-hydroxylation sites is 1. The summed E-state index contributed by atoms with van der Waals surface area (Å²) in [6.45, 7) is 1.52. The van der Waals surface area contributed by atoms with Gasteiger partial charge >= 0.3 is 0 Å². The van der Waals surface area contributed by atoms with Gasteiger partial charge in [-0.1, -0.05) is 48.5 Å². The van der Waals surface area contributed by atoms with E-state index in [9.17, 15) is 4.79 Å². The van der Waals surface area contributed by atoms with E-state index in [0.29, 0.717) is 12.1 Å². The number of carbonyl (C=O) groups excluding carboxylic acids is 1. The van der Waals surface area contributed by atoms with Gasteiger partial charge in [0.05, 0.1) is 6.04 Å². The first-order valence-electron chi connectivity index (χ1n) is 10.1. The van der Waals surface area contributed by atoms with Crippen LogP contribution in [-0.4, -0.2) is 33.1 Å². The minimum absolute atomic E-state index is 0.0343. The molecular weight excluding hydrogens is 358 g/mol. The maximum Gasteiger partial charge on any atom is 0.251 e. The average Bonchev–Trinajstić information content (AvgIpc) is 3.19. The number of fused-ring (bicyclic) bond motifs is 1. The molecule has 0 saturated heterocycles. The zero-order valence-electron chi connectivity index (χ0n) is 17.0. The van der Waals surface area contributed by atoms with Crippen LogP contribution in [-0.2, 0) is 6.42 Å². The maximum atomic E-state index is 12.6. The van der Waals surface area contributed by atoms with Crippen LogP contribution in [0.25, 0.3) is 0 Å². The number of hydrogen-bond donors (Lipinski definition) is 1. The highest BCUT2D eigenvalue weighted by molar-refractivity contribution is 5.94. The lowest BCUT2D eigenvalue weighted by Crippen LogP contribution is -2.37. The lowest BCUT2D eigenvalue weighted by Gasteiger charge is -2.31. The molecule has 0 fully saturated rings. The van der Waals surface area contributed by atoms with Crippen molar-refractivity contribution in [1.29, 1.82) is 0 Å². The van der Waals surface area contributed by atoms with Crippen molar-refractivity contribution in [1.82, 2.24) is 5.32 Å². The zero-order chi connectivity index (χ0) is 20.2. The first kappa shape index (κ1) is 19.1. The molecule has 0 aromatic heterocycles. The molecule has 3 aromatic carbocycles. The van der Waals surface area contributed by atoms with Gasteiger partial charge in [-0.25, -0.2) is 0 Å². The van der Waals surface area contributed by atoms with Crippen molar-refractivity contribution in [3.8, 4) is 0 Å². The van der Waals surface area contributed by atoms with Crippen molar-refractivity contribution < 1.29 is 4.79 Å². The Kier molecular flexibility index (Phi) is 5.52. The van der Waals surface area contributed by atoms with Crippen LogP contribution in [0.2, 0.25) is 0 Å². The van der Waals surface area contributed by atoms with E-state index in [4.69, 9.17) is 0 Å². The zero-order valence-corrected chi connectivity index (χ0v) is 17.0. The highest BCUT2D eigenvalue weighted by Crippen LogP contribution is 2.35. The molecule has 0 saturated carbocycles. The summed E-state index contributed by atoms with van der Waals surface area (Å²) in [6.07, 6.45) is 1.04. The van der Waals surface area contributed by atoms with Crippen LogP contribution in [0, 0.1) is 0 Å². The van der Waals surface area contributed by atoms with E-state index in [1.807, 2.05) is 44.4 Å². The lowest BCUT2D eigenvalue weighted by molar-refractivity contribution is 0.0951. The molecule has 1 heterocycles. The predicted molar refractivity (Wildman–Crippen MR) is 120 cm³/mol. The molecule has 1 atom stereocenters. The second-order valence-corrected chi connectivity index (χ2v) is 7.65. The number of benzene rings is 3. The normalized spacial score (nSPS) is 13.7. The molecule has 0 spiro atoms. The molecule has 1 aliphatic rings. The quantitative estimate of drug-likeness (QED) is 0.688. The van der Waals surface area contributed by atoms with Crippen molar-refractivity contribution in [2.24, 2.45) is 0 Å². The molecule has 4 nitrogen and oxygen atoms in total. The molecule has 1 amide bonds. The van der Waals surface area contributed by atoms with Gasteiger partial charge in [-0.15, -0.1) is 0 Å². The Morgan fingerprint density at radius 2 is 1.66 bits per heavy atom. The van der Waals surface area contributed by atoms with Crippen molar-refractivity contribution in [2.75, 3.05) is 37.0 Å². The first-order chi connectivity index (χ1) is 14.1. The number of nitrogens with zero attached hydrogens (tertiary/aromatic N) is 2. The van der Waals surface area contributed by atoms with Crippen molar-refractivity contribution >= 4 is 17.3 Å². The standard InChI is InChI=1S/C25H27N3O/c1-27(2)22-14-12-20(13-15-22)24(18-26-25(29)21-9-4-3-5-10-21)28-17-16-19-8-6-7-11-23(19)28/h3-15,24H,16-18H2,1-2H3,(H,26,29)/t24-/m1/s1. The minimum Gasteiger partial charge on any atom is -0.378 e. The summed E-state index contributed by atoms with van der Waals surface area (Å²) in [5.41, 5.74) is 5.71. The van der Waals surface area contributed by atoms with Crippen molar-refractivity contribution in [3.63, 3.8) is 0 Å². The second kappa shape index (κ2) is 8.39. The molecule has 3 aromatic rings. The van der Waals surface area contributed by atoms with Crippen LogP contribution in [0.5, 0.6) is 0 Å². The van der Waals surface area contributed by atoms with Gasteiger partial charge in [-0.3, -0.25) is 4.79 Å². The summed E-state index contributed by atoms with van der Waals surface area (Å²) in [5.74, 6) is -0.0343. The molecule has 0 radical (unpaired) electrons. The Labute approximate surface area is 172 Å². The number of anilines is 2. The highest BCUT2D eigenvalue weighted by atomic mass is 16.1. The molecule has 4 heteroatoms. The third-order valence-electron chi connectivity index (χ3n) is 5.59. The van der Waals surface area contributed by atoms with Gasteiger partial charge in [-0.2, -0.15) is 0 Å². The van der Waals surface area contributed by atoms with Crippen LogP contribution in [0.3, 0.4) is 0 Å². The Balaban J connectivity index is 1.60. The number of carbonyl (C=O) groups is 1. The summed E-state index contributed by atoms with van der Waals surface area (Å²) < 4.78 is 0. The summed E-state index contributed by atoms with van der Waals surface area (Å²) in [5, 5.41) is 3.15. The molecular formula is C25H27N3O. The van der Waals surface area contributed by atoms with Gasteiger partial charge < -0.3 is 15.1 Å². The number of nitrogens with one attached hydrogen (secondary N) is 1. The number of rotatable bonds is 6. The van der Waals surface area contributed by atoms with Gasteiger partial charge in [0, 0.05) is 44.1 Å². The van der Waals surface area contributed by atoms with Crippen LogP contribution >= 0.6 is 0 Å². The molecule has 4 rings (SSSR count). The number of hydrogen-bond acceptors (Lipinski definition) is 3. The fourth-order valence-electron chi connectivity index (χ4n) is 3.97. The Morgan fingerprint density at radius 3 is 2.38 bits per heavy atom. The van der Waals surface area contributed by atoms with Gasteiger partial charge in [0.25, 0.3) is 5.91 Å². The Bertz CT molecular complexity index is 967. The average molecular weight is 386 g/mol. The van der Waals surface area contributed by atoms with Gasteiger partial charge in [-0.05, 0) is 47.9 Å². The topological polar surface area (TPSA) is 35.6 Å². The van der Waals surface area contributed by atoms with Crippen LogP contribution in [0.4, 0.5) is 11.4 Å². The monoisotopic (exact) mass is 385 g/mol. The predicted octanol–water partition coefficient (Wildman–Crippen LogP) is 4.29. The lowest BCUT2D eigenvalue weighted by atomic mass is 10.0. The maximum absolute atomic E-state index is 12.6. The van der Waals surface area contributed by atoms with E-state index in [2.05, 4.69) is 63.6 Å². The Hall–Kier alpha value is -3.27. The SMILES string of the molecule is CN(C)c1ccc([C@@H](CNC(=O)c2ccccc2)N2CCc3ccccc32)cc1. The van der Waals surface area contributed by atoms with E-state index in [0.717, 1.165) is 13.0 Å². The van der Waals surface area contributed by atoms with Crippen molar-refractivity contribution in [3.05, 3.63) is 95.6 Å². The molecule has 1 N–H and O–H groups in total. The summed E-state index contributed by atoms with van der Waals surface area (Å²) in [6, 6.07) is 26.7. The Morgan fingerprint density at radius 1 is 0.966 bits per heavy atom. The molecule has 148 valence electrons. The van der Waals surface area contributed by atoms with E-state index in [-0.39, 0.29) is 11.9 Å². The third kappa shape index (κ3) is 4.11. The van der Waals surface area contributed by atoms with E-state index < -0.39 is 0 Å². The van der Waals surface area contributed by atoms with Crippen LogP contribution in [0.1, 0.15) is 27.5 Å². The van der Waals surface area contributed by atoms with Crippen molar-refractivity contribution in [2.45, 2.75) is 12.5 Å². The fraction of sp³-hybridized carbons (Fsp3) is 0.240. The van der Waals surface area contributed by atoms with E-state index >= 15 is 0 Å². The molecule has 0 aliphatic carbocycles. The van der Waals surface area contributed by atoms with Gasteiger partial charge in [0.15, 0.2) is 0 Å². The number of amides is 1. The summed E-state index contributed by atoms with van der Waals surface area (Å²) >= 11 is 0. The smallest absolute Gasteiger partial charge is 0.251 e. The largest absolute Gasteiger partial charge is 0.378 e. The molecule has 0 unspecified atom stereocenters. The van der Waals surface area contributed by atoms with Crippen LogP contribution in [0.15, 0.2) is 78.9 Å². The third-order valence-corrected chi connectivity index (χ3v) is 5.59. The fourth-order valence-corrected chi connectivity index (χ4v) is 3.97. The summed E-state index contributed by atoms with van der Waals surface area (Å²) in [4.78, 5) is 17.2. The van der Waals surface area contributed by atoms with E-state index in [1.54, 1.807) is 0 Å². The van der Waals surface area contributed by atoms with Crippen LogP contribution < -0.4 is 15.1 Å².